The molecule has 0 aliphatic heterocycles. The summed E-state index contributed by atoms with van der Waals surface area (Å²) in [4.78, 5) is 23.9. The van der Waals surface area contributed by atoms with Crippen LogP contribution in [0, 0.1) is 0 Å². The lowest BCUT2D eigenvalue weighted by Gasteiger charge is -2.18. The average molecular weight is 365 g/mol. The number of Topliss-reactive ketones (excluding diaryl/α,β-unsaturated/α-hetero) is 2. The lowest BCUT2D eigenvalue weighted by atomic mass is 9.89. The molecule has 4 heteroatoms. The number of carbonyl (C=O) groups is 2. The first kappa shape index (κ1) is 22.6. The normalized spacial score (nSPS) is 18.1. The van der Waals surface area contributed by atoms with Gasteiger partial charge in [-0.1, -0.05) is 57.6 Å². The Hall–Kier alpha value is -1.42. The molecule has 0 bridgehead atoms. The Balaban J connectivity index is 2.04. The number of carbonyl (C=O) groups excluding carboxylic acids is 2. The zero-order chi connectivity index (χ0) is 19.2. The van der Waals surface area contributed by atoms with Gasteiger partial charge in [-0.2, -0.15) is 0 Å². The maximum absolute atomic E-state index is 12.1. The minimum atomic E-state index is -1.06. The fourth-order valence-electron chi connectivity index (χ4n) is 3.27. The van der Waals surface area contributed by atoms with Gasteiger partial charge in [-0.25, -0.2) is 0 Å². The lowest BCUT2D eigenvalue weighted by Crippen LogP contribution is -2.27. The smallest absolute Gasteiger partial charge is 0.170 e. The van der Waals surface area contributed by atoms with Crippen LogP contribution in [-0.4, -0.2) is 27.9 Å². The van der Waals surface area contributed by atoms with Gasteiger partial charge in [0.1, 0.15) is 17.4 Å². The van der Waals surface area contributed by atoms with Gasteiger partial charge in [0.2, 0.25) is 0 Å². The van der Waals surface area contributed by atoms with Gasteiger partial charge in [-0.15, -0.1) is 0 Å². The Labute approximate surface area is 158 Å². The van der Waals surface area contributed by atoms with E-state index < -0.39 is 11.9 Å². The maximum Gasteiger partial charge on any atom is 0.170 e. The van der Waals surface area contributed by atoms with Gasteiger partial charge in [-0.05, 0) is 38.5 Å². The summed E-state index contributed by atoms with van der Waals surface area (Å²) in [5.74, 6) is -1.07. The second kappa shape index (κ2) is 13.7. The summed E-state index contributed by atoms with van der Waals surface area (Å²) in [7, 11) is 0. The molecule has 26 heavy (non-hydrogen) atoms. The van der Waals surface area contributed by atoms with Crippen molar-refractivity contribution in [2.45, 2.75) is 103 Å². The average Bonchev–Trinajstić information content (AvgIpc) is 2.62. The van der Waals surface area contributed by atoms with Crippen molar-refractivity contribution in [3.63, 3.8) is 0 Å². The van der Waals surface area contributed by atoms with Gasteiger partial charge < -0.3 is 10.2 Å². The molecule has 1 atom stereocenters. The van der Waals surface area contributed by atoms with Crippen molar-refractivity contribution >= 4 is 11.6 Å². The first-order valence-corrected chi connectivity index (χ1v) is 10.4. The predicted molar refractivity (Wildman–Crippen MR) is 105 cm³/mol. The summed E-state index contributed by atoms with van der Waals surface area (Å²) in [6.45, 7) is 2.22. The molecule has 0 aromatic carbocycles. The summed E-state index contributed by atoms with van der Waals surface area (Å²) in [6, 6.07) is 0. The van der Waals surface area contributed by atoms with Crippen LogP contribution < -0.4 is 0 Å². The van der Waals surface area contributed by atoms with Crippen LogP contribution in [0.2, 0.25) is 0 Å². The third-order valence-corrected chi connectivity index (χ3v) is 4.94. The Bertz CT molecular complexity index is 490. The lowest BCUT2D eigenvalue weighted by molar-refractivity contribution is -0.123. The minimum Gasteiger partial charge on any atom is -0.509 e. The van der Waals surface area contributed by atoms with Crippen LogP contribution in [0.15, 0.2) is 23.5 Å². The van der Waals surface area contributed by atoms with E-state index in [2.05, 4.69) is 19.1 Å². The zero-order valence-corrected chi connectivity index (χ0v) is 16.3. The highest BCUT2D eigenvalue weighted by Crippen LogP contribution is 2.23. The molecule has 0 aromatic rings. The highest BCUT2D eigenvalue weighted by molar-refractivity contribution is 6.21. The fourth-order valence-corrected chi connectivity index (χ4v) is 3.27. The number of aliphatic hydroxyl groups is 2. The van der Waals surface area contributed by atoms with Crippen LogP contribution in [0.1, 0.15) is 96.8 Å². The Morgan fingerprint density at radius 1 is 1.00 bits per heavy atom. The third-order valence-electron chi connectivity index (χ3n) is 4.94. The summed E-state index contributed by atoms with van der Waals surface area (Å²) in [6.07, 6.45) is 16.8. The van der Waals surface area contributed by atoms with Crippen LogP contribution in [0.3, 0.4) is 0 Å². The molecule has 0 spiro atoms. The molecule has 1 rings (SSSR count). The first-order valence-electron chi connectivity index (χ1n) is 10.4. The molecule has 0 amide bonds. The standard InChI is InChI=1S/C22H36O4/c1-2-3-4-5-6-7-8-9-10-11-12-13-14-15-18(23)21-19(24)16-17-20(25)22(21)26/h6-7,20,25-26H,2-5,8-17H2,1H3. The molecule has 0 saturated heterocycles. The maximum atomic E-state index is 12.1. The highest BCUT2D eigenvalue weighted by atomic mass is 16.3. The van der Waals surface area contributed by atoms with Crippen molar-refractivity contribution in [3.8, 4) is 0 Å². The molecule has 0 saturated carbocycles. The number of hydrogen-bond acceptors (Lipinski definition) is 4. The van der Waals surface area contributed by atoms with Gasteiger partial charge >= 0.3 is 0 Å². The summed E-state index contributed by atoms with van der Waals surface area (Å²) < 4.78 is 0. The van der Waals surface area contributed by atoms with E-state index in [0.717, 1.165) is 25.7 Å². The Morgan fingerprint density at radius 2 is 1.58 bits per heavy atom. The van der Waals surface area contributed by atoms with Crippen LogP contribution in [-0.2, 0) is 9.59 Å². The zero-order valence-electron chi connectivity index (χ0n) is 16.3. The number of aliphatic hydroxyl groups excluding tert-OH is 2. The molecule has 1 aliphatic carbocycles. The molecular formula is C22H36O4. The van der Waals surface area contributed by atoms with E-state index in [0.29, 0.717) is 0 Å². The topological polar surface area (TPSA) is 74.6 Å². The van der Waals surface area contributed by atoms with Crippen molar-refractivity contribution in [1.82, 2.24) is 0 Å². The van der Waals surface area contributed by atoms with E-state index >= 15 is 0 Å². The van der Waals surface area contributed by atoms with Gasteiger partial charge in [0.05, 0.1) is 0 Å². The second-order valence-corrected chi connectivity index (χ2v) is 7.29. The van der Waals surface area contributed by atoms with Gasteiger partial charge in [-0.3, -0.25) is 9.59 Å². The number of allylic oxidation sites excluding steroid dienone is 3. The van der Waals surface area contributed by atoms with Gasteiger partial charge in [0, 0.05) is 12.8 Å². The van der Waals surface area contributed by atoms with Crippen molar-refractivity contribution in [3.05, 3.63) is 23.5 Å². The first-order chi connectivity index (χ1) is 12.6. The molecular weight excluding hydrogens is 328 g/mol. The number of ketones is 2. The minimum absolute atomic E-state index is 0.138. The van der Waals surface area contributed by atoms with Gasteiger partial charge in [0.15, 0.2) is 11.6 Å². The van der Waals surface area contributed by atoms with E-state index in [9.17, 15) is 19.8 Å². The van der Waals surface area contributed by atoms with E-state index in [4.69, 9.17) is 0 Å². The van der Waals surface area contributed by atoms with Crippen LogP contribution >= 0.6 is 0 Å². The third kappa shape index (κ3) is 8.79. The second-order valence-electron chi connectivity index (χ2n) is 7.29. The monoisotopic (exact) mass is 364 g/mol. The fraction of sp³-hybridized carbons (Fsp3) is 0.727. The Kier molecular flexibility index (Phi) is 12.0. The van der Waals surface area contributed by atoms with Crippen molar-refractivity contribution in [1.29, 1.82) is 0 Å². The largest absolute Gasteiger partial charge is 0.509 e. The van der Waals surface area contributed by atoms with Crippen LogP contribution in [0.25, 0.3) is 0 Å². The van der Waals surface area contributed by atoms with Crippen molar-refractivity contribution < 1.29 is 19.8 Å². The number of unbranched alkanes of at least 4 members (excludes halogenated alkanes) is 9. The van der Waals surface area contributed by atoms with Crippen molar-refractivity contribution in [2.75, 3.05) is 0 Å². The molecule has 0 radical (unpaired) electrons. The van der Waals surface area contributed by atoms with E-state index in [1.54, 1.807) is 0 Å². The summed E-state index contributed by atoms with van der Waals surface area (Å²) in [5, 5.41) is 19.3. The molecule has 0 fully saturated rings. The summed E-state index contributed by atoms with van der Waals surface area (Å²) >= 11 is 0. The highest BCUT2D eigenvalue weighted by Gasteiger charge is 2.30. The molecule has 0 aromatic heterocycles. The van der Waals surface area contributed by atoms with Crippen molar-refractivity contribution in [2.24, 2.45) is 0 Å². The van der Waals surface area contributed by atoms with E-state index in [1.165, 1.54) is 44.9 Å². The molecule has 4 nitrogen and oxygen atoms in total. The SMILES string of the molecule is CCCCCC=CCCCCCCCCC(=O)C1=C(O)C(O)CCC1=O. The predicted octanol–water partition coefficient (Wildman–Crippen LogP) is 5.35. The Morgan fingerprint density at radius 3 is 2.23 bits per heavy atom. The molecule has 2 N–H and O–H groups in total. The summed E-state index contributed by atoms with van der Waals surface area (Å²) in [5.41, 5.74) is -0.158. The molecule has 148 valence electrons. The quantitative estimate of drug-likeness (QED) is 0.247. The number of rotatable bonds is 14. The van der Waals surface area contributed by atoms with Crippen LogP contribution in [0.4, 0.5) is 0 Å². The van der Waals surface area contributed by atoms with Crippen LogP contribution in [0.5, 0.6) is 0 Å². The van der Waals surface area contributed by atoms with Gasteiger partial charge in [0.25, 0.3) is 0 Å². The molecule has 1 aliphatic rings. The number of hydrogen-bond donors (Lipinski definition) is 2. The van der Waals surface area contributed by atoms with E-state index in [-0.39, 0.29) is 36.4 Å². The molecule has 1 unspecified atom stereocenters. The molecule has 0 heterocycles. The van der Waals surface area contributed by atoms with E-state index in [1.807, 2.05) is 0 Å².